The molecular weight excluding hydrogens is 313 g/mol. The number of halogens is 2. The zero-order valence-corrected chi connectivity index (χ0v) is 12.4. The summed E-state index contributed by atoms with van der Waals surface area (Å²) in [5, 5.41) is 2.83. The van der Waals surface area contributed by atoms with E-state index >= 15 is 0 Å². The average molecular weight is 330 g/mol. The van der Waals surface area contributed by atoms with E-state index in [1.165, 1.54) is 6.07 Å². The number of ether oxygens (including phenoxy) is 1. The molecule has 0 aliphatic heterocycles. The van der Waals surface area contributed by atoms with Crippen LogP contribution in [0.4, 0.5) is 4.39 Å². The zero-order valence-electron chi connectivity index (χ0n) is 10.8. The Morgan fingerprint density at radius 3 is 2.84 bits per heavy atom. The molecule has 0 unspecified atom stereocenters. The van der Waals surface area contributed by atoms with Gasteiger partial charge in [-0.2, -0.15) is 0 Å². The van der Waals surface area contributed by atoms with Gasteiger partial charge in [0.15, 0.2) is 0 Å². The molecule has 0 spiro atoms. The summed E-state index contributed by atoms with van der Waals surface area (Å²) in [5.41, 5.74) is 0.230. The molecule has 19 heavy (non-hydrogen) atoms. The molecule has 1 fully saturated rings. The Bertz CT molecular complexity index is 454. The van der Waals surface area contributed by atoms with Crippen molar-refractivity contribution in [1.82, 2.24) is 5.32 Å². The zero-order chi connectivity index (χ0) is 13.9. The number of carbonyl (C=O) groups is 1. The van der Waals surface area contributed by atoms with E-state index in [4.69, 9.17) is 4.74 Å². The summed E-state index contributed by atoms with van der Waals surface area (Å²) in [5.74, 6) is -0.873. The van der Waals surface area contributed by atoms with E-state index in [-0.39, 0.29) is 16.9 Å². The highest BCUT2D eigenvalue weighted by Crippen LogP contribution is 2.48. The first-order chi connectivity index (χ1) is 9.08. The number of amides is 1. The molecule has 1 amide bonds. The maximum absolute atomic E-state index is 13.6. The van der Waals surface area contributed by atoms with Crippen LogP contribution in [-0.4, -0.2) is 26.2 Å². The Morgan fingerprint density at radius 2 is 2.26 bits per heavy atom. The summed E-state index contributed by atoms with van der Waals surface area (Å²) >= 11 is 3.20. The van der Waals surface area contributed by atoms with Crippen LogP contribution in [0.1, 0.15) is 29.6 Å². The van der Waals surface area contributed by atoms with Crippen LogP contribution in [0.3, 0.4) is 0 Å². The van der Waals surface area contributed by atoms with Crippen molar-refractivity contribution in [2.24, 2.45) is 5.41 Å². The molecule has 1 aromatic rings. The first kappa shape index (κ1) is 14.5. The fourth-order valence-electron chi connectivity index (χ4n) is 2.08. The number of rotatable bonds is 6. The van der Waals surface area contributed by atoms with E-state index in [1.807, 2.05) is 0 Å². The molecule has 1 aliphatic carbocycles. The molecule has 1 aliphatic rings. The van der Waals surface area contributed by atoms with Gasteiger partial charge in [0.1, 0.15) is 5.82 Å². The van der Waals surface area contributed by atoms with Gasteiger partial charge < -0.3 is 10.1 Å². The van der Waals surface area contributed by atoms with Gasteiger partial charge in [-0.1, -0.05) is 6.07 Å². The van der Waals surface area contributed by atoms with Crippen molar-refractivity contribution in [3.8, 4) is 0 Å². The lowest BCUT2D eigenvalue weighted by molar-refractivity contribution is 0.0933. The monoisotopic (exact) mass is 329 g/mol. The van der Waals surface area contributed by atoms with Crippen LogP contribution in [0.2, 0.25) is 0 Å². The molecule has 0 atom stereocenters. The molecule has 0 saturated heterocycles. The highest BCUT2D eigenvalue weighted by molar-refractivity contribution is 9.10. The predicted octanol–water partition coefficient (Wildman–Crippen LogP) is 3.13. The molecule has 0 radical (unpaired) electrons. The maximum atomic E-state index is 13.6. The molecule has 1 saturated carbocycles. The molecule has 0 heterocycles. The number of carbonyl (C=O) groups excluding carboxylic acids is 1. The topological polar surface area (TPSA) is 38.3 Å². The highest BCUT2D eigenvalue weighted by Gasteiger charge is 2.42. The minimum atomic E-state index is -0.506. The molecule has 1 N–H and O–H groups in total. The summed E-state index contributed by atoms with van der Waals surface area (Å²) in [4.78, 5) is 12.0. The van der Waals surface area contributed by atoms with Crippen LogP contribution in [0.5, 0.6) is 0 Å². The van der Waals surface area contributed by atoms with Crippen molar-refractivity contribution < 1.29 is 13.9 Å². The van der Waals surface area contributed by atoms with E-state index in [0.717, 1.165) is 19.3 Å². The summed E-state index contributed by atoms with van der Waals surface area (Å²) < 4.78 is 19.2. The minimum absolute atomic E-state index is 0.0741. The Morgan fingerprint density at radius 1 is 1.53 bits per heavy atom. The van der Waals surface area contributed by atoms with Crippen molar-refractivity contribution in [3.05, 3.63) is 34.1 Å². The van der Waals surface area contributed by atoms with Gasteiger partial charge in [-0.25, -0.2) is 4.39 Å². The molecule has 1 aromatic carbocycles. The van der Waals surface area contributed by atoms with E-state index in [1.54, 1.807) is 19.2 Å². The maximum Gasteiger partial charge on any atom is 0.255 e. The van der Waals surface area contributed by atoms with Crippen molar-refractivity contribution >= 4 is 21.8 Å². The van der Waals surface area contributed by atoms with Crippen LogP contribution in [-0.2, 0) is 4.74 Å². The molecule has 5 heteroatoms. The van der Waals surface area contributed by atoms with E-state index < -0.39 is 5.82 Å². The van der Waals surface area contributed by atoms with E-state index in [9.17, 15) is 9.18 Å². The van der Waals surface area contributed by atoms with Crippen molar-refractivity contribution in [2.45, 2.75) is 19.3 Å². The number of hydrogen-bond donors (Lipinski definition) is 1. The fraction of sp³-hybridized carbons (Fsp3) is 0.500. The van der Waals surface area contributed by atoms with Gasteiger partial charge in [-0.3, -0.25) is 4.79 Å². The van der Waals surface area contributed by atoms with Gasteiger partial charge in [0.2, 0.25) is 0 Å². The summed E-state index contributed by atoms with van der Waals surface area (Å²) in [7, 11) is 1.67. The fourth-order valence-corrected chi connectivity index (χ4v) is 2.60. The lowest BCUT2D eigenvalue weighted by Gasteiger charge is -2.16. The lowest BCUT2D eigenvalue weighted by Crippen LogP contribution is -2.31. The predicted molar refractivity (Wildman–Crippen MR) is 74.6 cm³/mol. The number of hydrogen-bond acceptors (Lipinski definition) is 2. The molecule has 2 rings (SSSR count). The Hall–Kier alpha value is -0.940. The van der Waals surface area contributed by atoms with Gasteiger partial charge in [0.25, 0.3) is 5.91 Å². The lowest BCUT2D eigenvalue weighted by atomic mass is 10.0. The average Bonchev–Trinajstić information content (AvgIpc) is 3.14. The molecule has 0 aromatic heterocycles. The second-order valence-corrected chi connectivity index (χ2v) is 5.88. The third-order valence-electron chi connectivity index (χ3n) is 3.61. The first-order valence-corrected chi connectivity index (χ1v) is 7.08. The Labute approximate surface area is 120 Å². The van der Waals surface area contributed by atoms with Gasteiger partial charge in [0, 0.05) is 24.7 Å². The molecule has 0 bridgehead atoms. The third-order valence-corrected chi connectivity index (χ3v) is 4.27. The van der Waals surface area contributed by atoms with Crippen molar-refractivity contribution in [1.29, 1.82) is 0 Å². The highest BCUT2D eigenvalue weighted by atomic mass is 79.9. The van der Waals surface area contributed by atoms with Crippen LogP contribution >= 0.6 is 15.9 Å². The largest absolute Gasteiger partial charge is 0.385 e. The second kappa shape index (κ2) is 6.01. The van der Waals surface area contributed by atoms with Crippen molar-refractivity contribution in [3.63, 3.8) is 0 Å². The van der Waals surface area contributed by atoms with Crippen molar-refractivity contribution in [2.75, 3.05) is 20.3 Å². The summed E-state index contributed by atoms with van der Waals surface area (Å²) in [6.45, 7) is 1.27. The van der Waals surface area contributed by atoms with Gasteiger partial charge in [-0.15, -0.1) is 0 Å². The number of benzene rings is 1. The number of nitrogens with one attached hydrogen (secondary N) is 1. The number of methoxy groups -OCH3 is 1. The van der Waals surface area contributed by atoms with Gasteiger partial charge in [0.05, 0.1) is 5.56 Å². The summed E-state index contributed by atoms with van der Waals surface area (Å²) in [6, 6.07) is 4.52. The Kier molecular flexibility index (Phi) is 4.58. The Balaban J connectivity index is 1.95. The smallest absolute Gasteiger partial charge is 0.255 e. The molecule has 104 valence electrons. The SMILES string of the molecule is COCCC1(CNC(=O)c2c(F)cccc2Br)CC1. The normalized spacial score (nSPS) is 16.2. The minimum Gasteiger partial charge on any atom is -0.385 e. The second-order valence-electron chi connectivity index (χ2n) is 5.02. The molecule has 3 nitrogen and oxygen atoms in total. The third kappa shape index (κ3) is 3.54. The van der Waals surface area contributed by atoms with Crippen LogP contribution in [0, 0.1) is 11.2 Å². The van der Waals surface area contributed by atoms with E-state index in [0.29, 0.717) is 17.6 Å². The quantitative estimate of drug-likeness (QED) is 0.870. The molecular formula is C14H17BrFNO2. The van der Waals surface area contributed by atoms with Crippen LogP contribution in [0.15, 0.2) is 22.7 Å². The first-order valence-electron chi connectivity index (χ1n) is 6.29. The summed E-state index contributed by atoms with van der Waals surface area (Å²) in [6.07, 6.45) is 3.12. The standard InChI is InChI=1S/C14H17BrFNO2/c1-19-8-7-14(5-6-14)9-17-13(18)12-10(15)3-2-4-11(12)16/h2-4H,5-9H2,1H3,(H,17,18). The van der Waals surface area contributed by atoms with Gasteiger partial charge in [-0.05, 0) is 52.7 Å². The van der Waals surface area contributed by atoms with Crippen LogP contribution in [0.25, 0.3) is 0 Å². The van der Waals surface area contributed by atoms with E-state index in [2.05, 4.69) is 21.2 Å². The van der Waals surface area contributed by atoms with Gasteiger partial charge >= 0.3 is 0 Å². The van der Waals surface area contributed by atoms with Crippen LogP contribution < -0.4 is 5.32 Å².